The topological polar surface area (TPSA) is 55.6 Å². The molecule has 1 fully saturated rings. The highest BCUT2D eigenvalue weighted by molar-refractivity contribution is 5.53. The monoisotopic (exact) mass is 268 g/mol. The summed E-state index contributed by atoms with van der Waals surface area (Å²) in [6, 6.07) is 3.70. The Bertz CT molecular complexity index is 459. The number of benzene rings is 1. The van der Waals surface area contributed by atoms with E-state index in [1.165, 1.54) is 12.1 Å². The molecule has 0 aliphatic carbocycles. The third-order valence-corrected chi connectivity index (χ3v) is 3.29. The highest BCUT2D eigenvalue weighted by Crippen LogP contribution is 2.26. The molecule has 0 bridgehead atoms. The second-order valence-electron chi connectivity index (χ2n) is 4.57. The van der Waals surface area contributed by atoms with Gasteiger partial charge in [-0.1, -0.05) is 0 Å². The molecular weight excluding hydrogens is 251 g/mol. The predicted octanol–water partition coefficient (Wildman–Crippen LogP) is 2.74. The average Bonchev–Trinajstić information content (AvgIpc) is 2.39. The van der Waals surface area contributed by atoms with E-state index in [4.69, 9.17) is 4.74 Å². The molecule has 6 heteroatoms. The van der Waals surface area contributed by atoms with Crippen LogP contribution < -0.4 is 4.90 Å². The van der Waals surface area contributed by atoms with Gasteiger partial charge in [0, 0.05) is 31.5 Å². The quantitative estimate of drug-likeness (QED) is 0.622. The van der Waals surface area contributed by atoms with Gasteiger partial charge in [0.2, 0.25) is 0 Å². The summed E-state index contributed by atoms with van der Waals surface area (Å²) >= 11 is 0. The lowest BCUT2D eigenvalue weighted by Gasteiger charge is -2.33. The standard InChI is InChI=1S/C13H17FN2O3/c1-2-19-13-3-5-15(6-4-13)11-7-10(14)8-12(9-11)16(17)18/h7-9,13H,2-6H2,1H3. The Balaban J connectivity index is 2.09. The van der Waals surface area contributed by atoms with Crippen molar-refractivity contribution in [2.75, 3.05) is 24.6 Å². The van der Waals surface area contributed by atoms with Gasteiger partial charge in [-0.2, -0.15) is 0 Å². The van der Waals surface area contributed by atoms with Crippen molar-refractivity contribution < 1.29 is 14.1 Å². The second kappa shape index (κ2) is 5.97. The smallest absolute Gasteiger partial charge is 0.274 e. The minimum absolute atomic E-state index is 0.207. The Morgan fingerprint density at radius 2 is 2.11 bits per heavy atom. The van der Waals surface area contributed by atoms with E-state index < -0.39 is 10.7 Å². The van der Waals surface area contributed by atoms with E-state index in [-0.39, 0.29) is 11.8 Å². The molecule has 1 aliphatic rings. The van der Waals surface area contributed by atoms with Gasteiger partial charge >= 0.3 is 0 Å². The molecule has 0 atom stereocenters. The Labute approximate surface area is 111 Å². The summed E-state index contributed by atoms with van der Waals surface area (Å²) in [5, 5.41) is 10.7. The van der Waals surface area contributed by atoms with Crippen LogP contribution in [0.2, 0.25) is 0 Å². The summed E-state index contributed by atoms with van der Waals surface area (Å²) in [7, 11) is 0. The van der Waals surface area contributed by atoms with E-state index in [1.54, 1.807) is 0 Å². The van der Waals surface area contributed by atoms with E-state index in [1.807, 2.05) is 11.8 Å². The van der Waals surface area contributed by atoms with Crippen LogP contribution in [0.15, 0.2) is 18.2 Å². The Morgan fingerprint density at radius 1 is 1.42 bits per heavy atom. The van der Waals surface area contributed by atoms with Crippen LogP contribution in [0, 0.1) is 15.9 Å². The molecule has 104 valence electrons. The molecule has 1 saturated heterocycles. The minimum atomic E-state index is -0.573. The lowest BCUT2D eigenvalue weighted by Crippen LogP contribution is -2.37. The summed E-state index contributed by atoms with van der Waals surface area (Å²) in [6.07, 6.45) is 1.96. The summed E-state index contributed by atoms with van der Waals surface area (Å²) < 4.78 is 18.9. The van der Waals surface area contributed by atoms with Crippen molar-refractivity contribution in [3.05, 3.63) is 34.1 Å². The van der Waals surface area contributed by atoms with Crippen molar-refractivity contribution in [3.63, 3.8) is 0 Å². The first kappa shape index (κ1) is 13.7. The molecule has 0 radical (unpaired) electrons. The first-order chi connectivity index (χ1) is 9.10. The molecule has 0 N–H and O–H groups in total. The molecular formula is C13H17FN2O3. The van der Waals surface area contributed by atoms with Crippen LogP contribution in [0.3, 0.4) is 0 Å². The number of piperidine rings is 1. The van der Waals surface area contributed by atoms with E-state index in [9.17, 15) is 14.5 Å². The third kappa shape index (κ3) is 3.41. The van der Waals surface area contributed by atoms with Crippen LogP contribution in [0.4, 0.5) is 15.8 Å². The highest BCUT2D eigenvalue weighted by Gasteiger charge is 2.21. The fourth-order valence-electron chi connectivity index (χ4n) is 2.36. The van der Waals surface area contributed by atoms with Crippen LogP contribution in [-0.2, 0) is 4.74 Å². The van der Waals surface area contributed by atoms with Gasteiger partial charge in [0.15, 0.2) is 0 Å². The number of ether oxygens (including phenoxy) is 1. The zero-order valence-corrected chi connectivity index (χ0v) is 10.8. The lowest BCUT2D eigenvalue weighted by atomic mass is 10.1. The number of nitrogens with zero attached hydrogens (tertiary/aromatic N) is 2. The number of non-ortho nitro benzene ring substituents is 1. The first-order valence-corrected chi connectivity index (χ1v) is 6.41. The van der Waals surface area contributed by atoms with Gasteiger partial charge in [-0.05, 0) is 25.8 Å². The molecule has 0 saturated carbocycles. The summed E-state index contributed by atoms with van der Waals surface area (Å²) in [5.41, 5.74) is 0.364. The van der Waals surface area contributed by atoms with Crippen molar-refractivity contribution in [2.24, 2.45) is 0 Å². The number of hydrogen-bond acceptors (Lipinski definition) is 4. The van der Waals surface area contributed by atoms with Crippen LogP contribution in [0.25, 0.3) is 0 Å². The zero-order chi connectivity index (χ0) is 13.8. The minimum Gasteiger partial charge on any atom is -0.378 e. The molecule has 5 nitrogen and oxygen atoms in total. The van der Waals surface area contributed by atoms with Crippen LogP contribution in [-0.4, -0.2) is 30.7 Å². The Morgan fingerprint density at radius 3 is 2.68 bits per heavy atom. The van der Waals surface area contributed by atoms with E-state index in [0.717, 1.165) is 32.0 Å². The van der Waals surface area contributed by atoms with Gasteiger partial charge in [-0.3, -0.25) is 10.1 Å². The molecule has 0 spiro atoms. The molecule has 0 unspecified atom stereocenters. The van der Waals surface area contributed by atoms with Gasteiger partial charge in [0.1, 0.15) is 5.82 Å². The van der Waals surface area contributed by atoms with E-state index in [0.29, 0.717) is 12.3 Å². The number of rotatable bonds is 4. The van der Waals surface area contributed by atoms with Gasteiger partial charge in [0.05, 0.1) is 17.1 Å². The van der Waals surface area contributed by atoms with Gasteiger partial charge in [-0.25, -0.2) is 4.39 Å². The maximum Gasteiger partial charge on any atom is 0.274 e. The molecule has 2 rings (SSSR count). The Hall–Kier alpha value is -1.69. The largest absolute Gasteiger partial charge is 0.378 e. The predicted molar refractivity (Wildman–Crippen MR) is 69.9 cm³/mol. The molecule has 1 aromatic carbocycles. The van der Waals surface area contributed by atoms with Crippen LogP contribution in [0.5, 0.6) is 0 Å². The van der Waals surface area contributed by atoms with E-state index >= 15 is 0 Å². The van der Waals surface area contributed by atoms with Crippen molar-refractivity contribution in [3.8, 4) is 0 Å². The summed E-state index contributed by atoms with van der Waals surface area (Å²) in [5.74, 6) is -0.573. The normalized spacial score (nSPS) is 16.6. The van der Waals surface area contributed by atoms with Gasteiger partial charge in [-0.15, -0.1) is 0 Å². The SMILES string of the molecule is CCOC1CCN(c2cc(F)cc([N+](=O)[O-])c2)CC1. The second-order valence-corrected chi connectivity index (χ2v) is 4.57. The summed E-state index contributed by atoms with van der Waals surface area (Å²) in [6.45, 7) is 4.11. The first-order valence-electron chi connectivity index (χ1n) is 6.41. The van der Waals surface area contributed by atoms with Crippen molar-refractivity contribution in [1.29, 1.82) is 0 Å². The van der Waals surface area contributed by atoms with Crippen molar-refractivity contribution in [2.45, 2.75) is 25.9 Å². The number of hydrogen-bond donors (Lipinski definition) is 0. The number of halogens is 1. The van der Waals surface area contributed by atoms with Crippen LogP contribution >= 0.6 is 0 Å². The molecule has 1 heterocycles. The van der Waals surface area contributed by atoms with Crippen molar-refractivity contribution >= 4 is 11.4 Å². The molecule has 19 heavy (non-hydrogen) atoms. The van der Waals surface area contributed by atoms with Gasteiger partial charge in [0.25, 0.3) is 5.69 Å². The molecule has 1 aliphatic heterocycles. The molecule has 0 amide bonds. The number of anilines is 1. The Kier molecular flexibility index (Phi) is 4.31. The summed E-state index contributed by atoms with van der Waals surface area (Å²) in [4.78, 5) is 12.1. The van der Waals surface area contributed by atoms with Crippen molar-refractivity contribution in [1.82, 2.24) is 0 Å². The highest BCUT2D eigenvalue weighted by atomic mass is 19.1. The van der Waals surface area contributed by atoms with Gasteiger partial charge < -0.3 is 9.64 Å². The average molecular weight is 268 g/mol. The zero-order valence-electron chi connectivity index (χ0n) is 10.8. The van der Waals surface area contributed by atoms with Crippen LogP contribution in [0.1, 0.15) is 19.8 Å². The lowest BCUT2D eigenvalue weighted by molar-refractivity contribution is -0.385. The fraction of sp³-hybridized carbons (Fsp3) is 0.538. The molecule has 1 aromatic rings. The van der Waals surface area contributed by atoms with E-state index in [2.05, 4.69) is 0 Å². The third-order valence-electron chi connectivity index (χ3n) is 3.29. The maximum atomic E-state index is 13.4. The fourth-order valence-corrected chi connectivity index (χ4v) is 2.36. The number of nitro benzene ring substituents is 1. The number of nitro groups is 1. The molecule has 0 aromatic heterocycles. The maximum absolute atomic E-state index is 13.4.